The molecule has 7 aromatic carbocycles. The number of fused-ring (bicyclic) bond motifs is 2. The number of ether oxygens (including phenoxy) is 2. The van der Waals surface area contributed by atoms with Crippen LogP contribution in [0.1, 0.15) is 19.4 Å². The maximum absolute atomic E-state index is 13.8. The van der Waals surface area contributed by atoms with Gasteiger partial charge in [0.1, 0.15) is 0 Å². The molecule has 0 saturated carbocycles. The molecule has 270 valence electrons. The predicted octanol–water partition coefficient (Wildman–Crippen LogP) is 7.62. The second-order valence-corrected chi connectivity index (χ2v) is 18.3. The van der Waals surface area contributed by atoms with E-state index in [4.69, 9.17) is 9.47 Å². The Labute approximate surface area is 336 Å². The van der Waals surface area contributed by atoms with Crippen molar-refractivity contribution in [3.05, 3.63) is 204 Å². The molecule has 0 radical (unpaired) electrons. The first-order valence-corrected chi connectivity index (χ1v) is 20.7. The van der Waals surface area contributed by atoms with E-state index >= 15 is 0 Å². The van der Waals surface area contributed by atoms with E-state index in [1.165, 1.54) is 13.8 Å². The Morgan fingerprint density at radius 3 is 1.38 bits per heavy atom. The Bertz CT molecular complexity index is 2420. The molecule has 7 aromatic rings. The molecule has 4 nitrogen and oxygen atoms in total. The molecule has 0 saturated heterocycles. The summed E-state index contributed by atoms with van der Waals surface area (Å²) < 4.78 is 13.3. The van der Waals surface area contributed by atoms with Gasteiger partial charge in [0.15, 0.2) is 11.9 Å². The minimum absolute atomic E-state index is 0. The molecule has 1 aliphatic carbocycles. The van der Waals surface area contributed by atoms with Gasteiger partial charge >= 0.3 is 31.4 Å². The summed E-state index contributed by atoms with van der Waals surface area (Å²) in [5.41, 5.74) is 2.09. The molecule has 7 heteroatoms. The zero-order chi connectivity index (χ0) is 37.1. The van der Waals surface area contributed by atoms with Crippen LogP contribution < -0.4 is 31.7 Å². The third-order valence-electron chi connectivity index (χ3n) is 9.77. The van der Waals surface area contributed by atoms with Crippen LogP contribution in [0.15, 0.2) is 188 Å². The second-order valence-electron chi connectivity index (χ2n) is 13.1. The molecular weight excluding hydrogens is 804 g/mol. The summed E-state index contributed by atoms with van der Waals surface area (Å²) in [5.74, 6) is -0.596. The maximum atomic E-state index is 13.8. The van der Waals surface area contributed by atoms with Gasteiger partial charge in [-0.25, -0.2) is 0 Å². The third-order valence-corrected chi connectivity index (χ3v) is 16.5. The zero-order valence-electron chi connectivity index (χ0n) is 30.4. The normalized spacial score (nSPS) is 14.6. The number of esters is 2. The van der Waals surface area contributed by atoms with Crippen molar-refractivity contribution in [1.82, 2.24) is 0 Å². The van der Waals surface area contributed by atoms with E-state index in [1.54, 1.807) is 0 Å². The molecule has 55 heavy (non-hydrogen) atoms. The number of rotatable bonds is 9. The van der Waals surface area contributed by atoms with Crippen molar-refractivity contribution in [2.24, 2.45) is 0 Å². The Kier molecular flexibility index (Phi) is 11.7. The van der Waals surface area contributed by atoms with E-state index in [0.717, 1.165) is 53.6 Å². The van der Waals surface area contributed by atoms with Gasteiger partial charge in [0, 0.05) is 19.1 Å². The van der Waals surface area contributed by atoms with Gasteiger partial charge in [-0.2, -0.15) is 0 Å². The van der Waals surface area contributed by atoms with Gasteiger partial charge < -0.3 is 9.47 Å². The zero-order valence-corrected chi connectivity index (χ0v) is 33.9. The van der Waals surface area contributed by atoms with Crippen molar-refractivity contribution < 1.29 is 38.5 Å². The van der Waals surface area contributed by atoms with Gasteiger partial charge in [-0.15, -0.1) is 0 Å². The van der Waals surface area contributed by atoms with Crippen LogP contribution in [0.5, 0.6) is 0 Å². The van der Waals surface area contributed by atoms with E-state index in [1.807, 2.05) is 42.5 Å². The Hall–Kier alpha value is -5.04. The van der Waals surface area contributed by atoms with Gasteiger partial charge in [0.25, 0.3) is 0 Å². The molecule has 0 aromatic heterocycles. The quantitative estimate of drug-likeness (QED) is 0.0854. The van der Waals surface area contributed by atoms with Crippen LogP contribution in [0.2, 0.25) is 0 Å². The Morgan fingerprint density at radius 1 is 0.491 bits per heavy atom. The molecule has 1 aliphatic rings. The first-order valence-electron chi connectivity index (χ1n) is 18.0. The van der Waals surface area contributed by atoms with E-state index in [9.17, 15) is 9.59 Å². The van der Waals surface area contributed by atoms with Crippen molar-refractivity contribution in [1.29, 1.82) is 0 Å². The number of hydrogen-bond acceptors (Lipinski definition) is 4. The molecule has 0 aliphatic heterocycles. The van der Waals surface area contributed by atoms with Gasteiger partial charge in [-0.3, -0.25) is 9.59 Å². The van der Waals surface area contributed by atoms with Crippen LogP contribution in [0, 0.1) is 0 Å². The molecule has 0 unspecified atom stereocenters. The molecule has 8 rings (SSSR count). The molecule has 0 bridgehead atoms. The van der Waals surface area contributed by atoms with Crippen LogP contribution in [-0.4, -0.2) is 22.9 Å². The van der Waals surface area contributed by atoms with E-state index in [-0.39, 0.29) is 19.5 Å². The summed E-state index contributed by atoms with van der Waals surface area (Å²) in [6.07, 6.45) is -1.03. The smallest absolute Gasteiger partial charge is 0.453 e. The van der Waals surface area contributed by atoms with Crippen LogP contribution in [-0.2, 0) is 38.5 Å². The summed E-state index contributed by atoms with van der Waals surface area (Å²) in [4.78, 5) is 26.1. The summed E-state index contributed by atoms with van der Waals surface area (Å²) in [7, 11) is -3.00. The van der Waals surface area contributed by atoms with Gasteiger partial charge in [0.2, 0.25) is 0 Å². The fourth-order valence-corrected chi connectivity index (χ4v) is 15.8. The average Bonchev–Trinajstić information content (AvgIpc) is 3.21. The van der Waals surface area contributed by atoms with Crippen LogP contribution in [0.4, 0.5) is 0 Å². The minimum Gasteiger partial charge on any atom is -0.453 e. The summed E-state index contributed by atoms with van der Waals surface area (Å²) in [6, 6.07) is 65.5. The fraction of sp³-hybridized carbons (Fsp3) is 0.0833. The van der Waals surface area contributed by atoms with Crippen LogP contribution in [0.25, 0.3) is 22.1 Å². The van der Waals surface area contributed by atoms with Gasteiger partial charge in [-0.05, 0) is 64.2 Å². The van der Waals surface area contributed by atoms with Gasteiger partial charge in [0.05, 0.1) is 4.90 Å². The average molecular weight is 842 g/mol. The SMILES string of the molecule is CC(=O)OC1=c2ccccc2=C(c2cccc3ccccc23)C(P(c2ccccc2)c2ccccc2)(P(c2ccccc2)c2ccccc2)[C@@H]1OC(C)=O.[Ru+2]. The first kappa shape index (κ1) is 38.2. The number of carbonyl (C=O) groups excluding carboxylic acids is 2. The number of benzene rings is 7. The third kappa shape index (κ3) is 7.14. The molecule has 0 heterocycles. The monoisotopic (exact) mass is 842 g/mol. The standard InChI is InChI=1S/C48H38O4P2.Ru/c1-34(49)51-46-44-32-18-17-31-43(44)45(42-33-19-21-36-20-15-16-30-41(36)42)48(47(46)52-35(2)50,53(37-22-7-3-8-23-37)38-24-9-4-10-25-38)54(39-26-11-5-12-27-39)40-28-13-6-14-29-40;/h3-33,47H,1-2H3;/q;+2/t47-;/m1./s1. The number of hydrogen-bond donors (Lipinski definition) is 0. The van der Waals surface area contributed by atoms with Crippen molar-refractivity contribution >= 4 is 71.1 Å². The molecule has 0 N–H and O–H groups in total. The second kappa shape index (κ2) is 16.8. The summed E-state index contributed by atoms with van der Waals surface area (Å²) in [5, 5.41) is 8.27. The molecule has 0 fully saturated rings. The van der Waals surface area contributed by atoms with Crippen molar-refractivity contribution in [3.63, 3.8) is 0 Å². The maximum Gasteiger partial charge on any atom is 2.00 e. The summed E-state index contributed by atoms with van der Waals surface area (Å²) in [6.45, 7) is 2.87. The van der Waals surface area contributed by atoms with E-state index in [2.05, 4.69) is 146 Å². The van der Waals surface area contributed by atoms with Crippen molar-refractivity contribution in [2.45, 2.75) is 24.8 Å². The predicted molar refractivity (Wildman–Crippen MR) is 224 cm³/mol. The van der Waals surface area contributed by atoms with Crippen LogP contribution >= 0.6 is 15.8 Å². The molecule has 0 amide bonds. The van der Waals surface area contributed by atoms with E-state index < -0.39 is 38.8 Å². The topological polar surface area (TPSA) is 52.6 Å². The van der Waals surface area contributed by atoms with Crippen molar-refractivity contribution in [3.8, 4) is 0 Å². The Morgan fingerprint density at radius 2 is 0.909 bits per heavy atom. The minimum atomic E-state index is -1.50. The first-order chi connectivity index (χ1) is 26.5. The number of carbonyl (C=O) groups is 2. The van der Waals surface area contributed by atoms with E-state index in [0.29, 0.717) is 5.76 Å². The summed E-state index contributed by atoms with van der Waals surface area (Å²) >= 11 is 0. The van der Waals surface area contributed by atoms with Crippen molar-refractivity contribution in [2.75, 3.05) is 0 Å². The molecule has 0 spiro atoms. The molecule has 1 atom stereocenters. The Balaban J connectivity index is 0.00000465. The largest absolute Gasteiger partial charge is 2.00 e. The van der Waals surface area contributed by atoms with Gasteiger partial charge in [-0.1, -0.05) is 188 Å². The molecular formula is C48H38O4P2Ru+2. The fourth-order valence-electron chi connectivity index (χ4n) is 7.87. The van der Waals surface area contributed by atoms with Crippen LogP contribution in [0.3, 0.4) is 0 Å².